The van der Waals surface area contributed by atoms with E-state index in [1.54, 1.807) is 18.2 Å². The number of carbonyl (C=O) groups is 2. The van der Waals surface area contributed by atoms with Crippen LogP contribution in [-0.4, -0.2) is 55.0 Å². The number of nitrogens with zero attached hydrogens (tertiary/aromatic N) is 1. The van der Waals surface area contributed by atoms with Gasteiger partial charge in [-0.05, 0) is 55.2 Å². The molecule has 1 fully saturated rings. The largest absolute Gasteiger partial charge is 0.385 e. The van der Waals surface area contributed by atoms with E-state index in [2.05, 4.69) is 47.1 Å². The summed E-state index contributed by atoms with van der Waals surface area (Å²) >= 11 is 12.1. The van der Waals surface area contributed by atoms with Crippen molar-refractivity contribution in [2.45, 2.75) is 44.2 Å². The first-order chi connectivity index (χ1) is 18.9. The molecule has 0 saturated carbocycles. The van der Waals surface area contributed by atoms with Crippen LogP contribution in [0.15, 0.2) is 78.9 Å². The Morgan fingerprint density at radius 3 is 2.44 bits per heavy atom. The third-order valence-corrected chi connectivity index (χ3v) is 7.96. The van der Waals surface area contributed by atoms with E-state index in [4.69, 9.17) is 23.2 Å². The molecule has 0 bridgehead atoms. The van der Waals surface area contributed by atoms with Crippen molar-refractivity contribution in [3.05, 3.63) is 100 Å². The lowest BCUT2D eigenvalue weighted by Crippen LogP contribution is -2.49. The Hall–Kier alpha value is -3.06. The van der Waals surface area contributed by atoms with E-state index in [1.807, 2.05) is 41.3 Å². The average molecular weight is 568 g/mol. The van der Waals surface area contributed by atoms with E-state index in [-0.39, 0.29) is 29.8 Å². The number of carbonyl (C=O) groups excluding carboxylic acids is 2. The maximum atomic E-state index is 13.8. The first-order valence-corrected chi connectivity index (χ1v) is 14.3. The van der Waals surface area contributed by atoms with E-state index >= 15 is 0 Å². The minimum Gasteiger partial charge on any atom is -0.385 e. The average Bonchev–Trinajstić information content (AvgIpc) is 3.11. The summed E-state index contributed by atoms with van der Waals surface area (Å²) in [6.45, 7) is 4.52. The summed E-state index contributed by atoms with van der Waals surface area (Å²) in [4.78, 5) is 28.6. The van der Waals surface area contributed by atoms with Crippen molar-refractivity contribution in [1.29, 1.82) is 0 Å². The Balaban J connectivity index is 1.43. The maximum Gasteiger partial charge on any atom is 0.251 e. The van der Waals surface area contributed by atoms with Crippen LogP contribution in [0.4, 0.5) is 5.69 Å². The number of rotatable bonds is 11. The lowest BCUT2D eigenvalue weighted by Gasteiger charge is -2.28. The fourth-order valence-corrected chi connectivity index (χ4v) is 5.26. The molecule has 3 N–H and O–H groups in total. The van der Waals surface area contributed by atoms with Gasteiger partial charge in [0.1, 0.15) is 0 Å². The third kappa shape index (κ3) is 8.21. The molecule has 0 aliphatic carbocycles. The van der Waals surface area contributed by atoms with Crippen molar-refractivity contribution in [2.24, 2.45) is 0 Å². The minimum absolute atomic E-state index is 0.0517. The predicted octanol–water partition coefficient (Wildman–Crippen LogP) is 5.98. The summed E-state index contributed by atoms with van der Waals surface area (Å²) in [6.07, 6.45) is 2.31. The van der Waals surface area contributed by atoms with Gasteiger partial charge in [0.25, 0.3) is 5.91 Å². The van der Waals surface area contributed by atoms with Crippen LogP contribution in [0.5, 0.6) is 0 Å². The Bertz CT molecular complexity index is 1230. The standard InChI is InChI=1S/C31H36Cl2N4O2/c1-2-22(23-9-5-3-6-10-23)21-37-18-16-26(20-35-30(38)24-13-14-27(32)28(33)19-24)36-29(31(37)39)15-17-34-25-11-7-4-8-12-25/h3-14,19,22,26,29,34,36H,2,15-18,20-21H2,1H3,(H,35,38)/t22-,26-,29-/m1/s1. The van der Waals surface area contributed by atoms with Gasteiger partial charge in [-0.1, -0.05) is 78.7 Å². The van der Waals surface area contributed by atoms with Crippen LogP contribution >= 0.6 is 23.2 Å². The number of hydrogen-bond acceptors (Lipinski definition) is 4. The topological polar surface area (TPSA) is 73.5 Å². The van der Waals surface area contributed by atoms with Crippen molar-refractivity contribution in [2.75, 3.05) is 31.5 Å². The van der Waals surface area contributed by atoms with E-state index in [9.17, 15) is 9.59 Å². The lowest BCUT2D eigenvalue weighted by molar-refractivity contribution is -0.133. The number of nitrogens with one attached hydrogen (secondary N) is 3. The van der Waals surface area contributed by atoms with Crippen molar-refractivity contribution in [3.63, 3.8) is 0 Å². The zero-order valence-corrected chi connectivity index (χ0v) is 23.7. The van der Waals surface area contributed by atoms with E-state index < -0.39 is 0 Å². The zero-order chi connectivity index (χ0) is 27.6. The molecule has 0 aromatic heterocycles. The number of hydrogen-bond donors (Lipinski definition) is 3. The molecule has 1 heterocycles. The summed E-state index contributed by atoms with van der Waals surface area (Å²) < 4.78 is 0. The van der Waals surface area contributed by atoms with Gasteiger partial charge in [-0.2, -0.15) is 0 Å². The van der Waals surface area contributed by atoms with Crippen LogP contribution in [0.3, 0.4) is 0 Å². The second-order valence-corrected chi connectivity index (χ2v) is 10.7. The second-order valence-electron chi connectivity index (χ2n) is 9.93. The molecular weight excluding hydrogens is 531 g/mol. The van der Waals surface area contributed by atoms with Gasteiger partial charge >= 0.3 is 0 Å². The van der Waals surface area contributed by atoms with Crippen molar-refractivity contribution >= 4 is 40.7 Å². The maximum absolute atomic E-state index is 13.8. The Labute approximate surface area is 241 Å². The van der Waals surface area contributed by atoms with Crippen LogP contribution in [0.1, 0.15) is 48.0 Å². The monoisotopic (exact) mass is 566 g/mol. The van der Waals surface area contributed by atoms with Crippen molar-refractivity contribution in [1.82, 2.24) is 15.5 Å². The summed E-state index contributed by atoms with van der Waals surface area (Å²) in [6, 6.07) is 24.8. The molecule has 1 aliphatic rings. The van der Waals surface area contributed by atoms with Crippen molar-refractivity contribution < 1.29 is 9.59 Å². The zero-order valence-electron chi connectivity index (χ0n) is 22.2. The normalized spacial score (nSPS) is 18.3. The molecule has 1 aliphatic heterocycles. The molecule has 1 saturated heterocycles. The highest BCUT2D eigenvalue weighted by Crippen LogP contribution is 2.24. The SMILES string of the molecule is CC[C@H](CN1CC[C@H](CNC(=O)c2ccc(Cl)c(Cl)c2)N[C@H](CCNc2ccccc2)C1=O)c1ccccc1. The van der Waals surface area contributed by atoms with Gasteiger partial charge in [0.05, 0.1) is 16.1 Å². The third-order valence-electron chi connectivity index (χ3n) is 7.23. The highest BCUT2D eigenvalue weighted by Gasteiger charge is 2.32. The van der Waals surface area contributed by atoms with Gasteiger partial charge < -0.3 is 20.9 Å². The van der Waals surface area contributed by atoms with Gasteiger partial charge in [-0.15, -0.1) is 0 Å². The fraction of sp³-hybridized carbons (Fsp3) is 0.355. The first kappa shape index (κ1) is 28.9. The van der Waals surface area contributed by atoms with Crippen LogP contribution < -0.4 is 16.0 Å². The van der Waals surface area contributed by atoms with Crippen molar-refractivity contribution in [3.8, 4) is 0 Å². The number of amides is 2. The molecule has 4 rings (SSSR count). The highest BCUT2D eigenvalue weighted by molar-refractivity contribution is 6.42. The van der Waals surface area contributed by atoms with Gasteiger partial charge in [0.15, 0.2) is 0 Å². The molecule has 3 atom stereocenters. The van der Waals surface area contributed by atoms with Crippen LogP contribution in [0.25, 0.3) is 0 Å². The molecule has 39 heavy (non-hydrogen) atoms. The van der Waals surface area contributed by atoms with Crippen LogP contribution in [0, 0.1) is 0 Å². The van der Waals surface area contributed by atoms with Gasteiger partial charge in [-0.25, -0.2) is 0 Å². The fourth-order valence-electron chi connectivity index (χ4n) is 4.96. The molecule has 3 aromatic carbocycles. The Kier molecular flexibility index (Phi) is 10.7. The number of anilines is 1. The molecule has 6 nitrogen and oxygen atoms in total. The number of halogens is 2. The molecule has 3 aromatic rings. The molecule has 206 valence electrons. The van der Waals surface area contributed by atoms with Gasteiger partial charge in [0.2, 0.25) is 5.91 Å². The van der Waals surface area contributed by atoms with Crippen LogP contribution in [-0.2, 0) is 4.79 Å². The lowest BCUT2D eigenvalue weighted by atomic mass is 9.95. The summed E-state index contributed by atoms with van der Waals surface area (Å²) in [5, 5.41) is 10.7. The van der Waals surface area contributed by atoms with Gasteiger partial charge in [0, 0.05) is 49.4 Å². The Morgan fingerprint density at radius 1 is 1.03 bits per heavy atom. The summed E-state index contributed by atoms with van der Waals surface area (Å²) in [5.41, 5.74) is 2.72. The molecule has 8 heteroatoms. The number of para-hydroxylation sites is 1. The molecule has 0 unspecified atom stereocenters. The molecule has 2 amide bonds. The van der Waals surface area contributed by atoms with E-state index in [0.29, 0.717) is 48.2 Å². The second kappa shape index (κ2) is 14.4. The molecule has 0 spiro atoms. The quantitative estimate of drug-likeness (QED) is 0.267. The Morgan fingerprint density at radius 2 is 1.74 bits per heavy atom. The molecular formula is C31H36Cl2N4O2. The first-order valence-electron chi connectivity index (χ1n) is 13.6. The summed E-state index contributed by atoms with van der Waals surface area (Å²) in [7, 11) is 0. The highest BCUT2D eigenvalue weighted by atomic mass is 35.5. The van der Waals surface area contributed by atoms with E-state index in [1.165, 1.54) is 5.56 Å². The predicted molar refractivity (Wildman–Crippen MR) is 160 cm³/mol. The smallest absolute Gasteiger partial charge is 0.251 e. The van der Waals surface area contributed by atoms with Gasteiger partial charge in [-0.3, -0.25) is 9.59 Å². The van der Waals surface area contributed by atoms with Crippen LogP contribution in [0.2, 0.25) is 10.0 Å². The van der Waals surface area contributed by atoms with E-state index in [0.717, 1.165) is 18.5 Å². The summed E-state index contributed by atoms with van der Waals surface area (Å²) in [5.74, 6) is 0.155. The molecule has 0 radical (unpaired) electrons. The number of benzene rings is 3. The minimum atomic E-state index is -0.358.